The number of nitrogens with zero attached hydrogens (tertiary/aromatic N) is 1. The second kappa shape index (κ2) is 4.00. The van der Waals surface area contributed by atoms with Crippen LogP contribution >= 0.6 is 31.9 Å². The number of aromatic nitrogens is 1. The zero-order chi connectivity index (χ0) is 9.14. The van der Waals surface area contributed by atoms with Crippen molar-refractivity contribution in [2.75, 3.05) is 11.1 Å². The summed E-state index contributed by atoms with van der Waals surface area (Å²) < 4.78 is 0.612. The van der Waals surface area contributed by atoms with Crippen molar-refractivity contribution < 1.29 is 4.79 Å². The lowest BCUT2D eigenvalue weighted by Gasteiger charge is -2.01. The summed E-state index contributed by atoms with van der Waals surface area (Å²) >= 11 is 6.23. The number of ketones is 1. The number of pyridine rings is 1. The average Bonchev–Trinajstić information content (AvgIpc) is 2.08. The summed E-state index contributed by atoms with van der Waals surface area (Å²) in [6, 6.07) is 1.61. The first-order valence-electron chi connectivity index (χ1n) is 3.15. The molecule has 1 aromatic rings. The van der Waals surface area contributed by atoms with E-state index in [0.29, 0.717) is 15.9 Å². The number of nitrogens with two attached hydrogens (primary N) is 1. The molecule has 0 fully saturated rings. The third-order valence-corrected chi connectivity index (χ3v) is 2.27. The first-order chi connectivity index (χ1) is 5.65. The van der Waals surface area contributed by atoms with Gasteiger partial charge in [-0.25, -0.2) is 4.98 Å². The van der Waals surface area contributed by atoms with Gasteiger partial charge in [0.15, 0.2) is 5.78 Å². The molecule has 5 heteroatoms. The number of rotatable bonds is 2. The predicted molar refractivity (Wildman–Crippen MR) is 54.5 cm³/mol. The fourth-order valence-corrected chi connectivity index (χ4v) is 1.39. The smallest absolute Gasteiger partial charge is 0.175 e. The fraction of sp³-hybridized carbons (Fsp3) is 0.143. The number of halogens is 2. The van der Waals surface area contributed by atoms with Crippen LogP contribution in [0.3, 0.4) is 0 Å². The second-order valence-corrected chi connectivity index (χ2v) is 3.52. The Morgan fingerprint density at radius 3 is 2.92 bits per heavy atom. The van der Waals surface area contributed by atoms with Crippen LogP contribution in [0.5, 0.6) is 0 Å². The highest BCUT2D eigenvalue weighted by Crippen LogP contribution is 2.16. The third kappa shape index (κ3) is 2.04. The Bertz CT molecular complexity index is 314. The van der Waals surface area contributed by atoms with Gasteiger partial charge in [0.05, 0.1) is 17.2 Å². The van der Waals surface area contributed by atoms with E-state index < -0.39 is 0 Å². The van der Waals surface area contributed by atoms with Crippen LogP contribution in [0.15, 0.2) is 16.9 Å². The molecule has 64 valence electrons. The molecule has 2 N–H and O–H groups in total. The topological polar surface area (TPSA) is 56.0 Å². The summed E-state index contributed by atoms with van der Waals surface area (Å²) in [7, 11) is 0. The highest BCUT2D eigenvalue weighted by molar-refractivity contribution is 9.10. The maximum absolute atomic E-state index is 11.2. The van der Waals surface area contributed by atoms with Crippen LogP contribution < -0.4 is 5.73 Å². The molecule has 1 aromatic heterocycles. The molecule has 0 aliphatic heterocycles. The van der Waals surface area contributed by atoms with Crippen LogP contribution in [0.1, 0.15) is 10.4 Å². The monoisotopic (exact) mass is 292 g/mol. The third-order valence-electron chi connectivity index (χ3n) is 1.32. The van der Waals surface area contributed by atoms with Crippen LogP contribution in [-0.4, -0.2) is 16.1 Å². The maximum Gasteiger partial charge on any atom is 0.175 e. The molecule has 0 amide bonds. The molecule has 0 saturated carbocycles. The van der Waals surface area contributed by atoms with Crippen molar-refractivity contribution in [1.82, 2.24) is 4.98 Å². The first kappa shape index (κ1) is 9.67. The van der Waals surface area contributed by atoms with Gasteiger partial charge in [-0.15, -0.1) is 0 Å². The van der Waals surface area contributed by atoms with Gasteiger partial charge in [-0.3, -0.25) is 4.79 Å². The largest absolute Gasteiger partial charge is 0.397 e. The van der Waals surface area contributed by atoms with Crippen molar-refractivity contribution in [3.8, 4) is 0 Å². The number of alkyl halides is 1. The Balaban J connectivity index is 3.13. The molecule has 0 aliphatic rings. The number of carbonyl (C=O) groups excluding carboxylic acids is 1. The normalized spacial score (nSPS) is 9.83. The van der Waals surface area contributed by atoms with E-state index in [2.05, 4.69) is 36.8 Å². The molecular weight excluding hydrogens is 288 g/mol. The number of carbonyl (C=O) groups is 1. The van der Waals surface area contributed by atoms with Gasteiger partial charge < -0.3 is 5.73 Å². The zero-order valence-corrected chi connectivity index (χ0v) is 9.22. The zero-order valence-electron chi connectivity index (χ0n) is 6.05. The molecule has 12 heavy (non-hydrogen) atoms. The SMILES string of the molecule is Nc1cnc(Br)cc1C(=O)CBr. The Morgan fingerprint density at radius 1 is 1.67 bits per heavy atom. The summed E-state index contributed by atoms with van der Waals surface area (Å²) in [4.78, 5) is 15.1. The Labute approximate surface area is 86.6 Å². The van der Waals surface area contributed by atoms with Gasteiger partial charge in [0.25, 0.3) is 0 Å². The summed E-state index contributed by atoms with van der Waals surface area (Å²) in [6.45, 7) is 0. The van der Waals surface area contributed by atoms with E-state index in [1.54, 1.807) is 6.07 Å². The molecule has 0 unspecified atom stereocenters. The lowest BCUT2D eigenvalue weighted by Crippen LogP contribution is -2.05. The summed E-state index contributed by atoms with van der Waals surface area (Å²) in [5, 5.41) is 0.271. The van der Waals surface area contributed by atoms with E-state index in [4.69, 9.17) is 5.73 Å². The maximum atomic E-state index is 11.2. The number of nitrogen functional groups attached to an aromatic ring is 1. The molecule has 1 rings (SSSR count). The van der Waals surface area contributed by atoms with Crippen molar-refractivity contribution in [3.05, 3.63) is 22.4 Å². The van der Waals surface area contributed by atoms with Crippen LogP contribution in [0.2, 0.25) is 0 Å². The molecule has 0 atom stereocenters. The Kier molecular flexibility index (Phi) is 3.22. The molecule has 0 aliphatic carbocycles. The minimum Gasteiger partial charge on any atom is -0.397 e. The minimum absolute atomic E-state index is 0.0457. The standard InChI is InChI=1S/C7H6Br2N2O/c8-2-6(12)4-1-7(9)11-3-5(4)10/h1,3H,2,10H2. The summed E-state index contributed by atoms with van der Waals surface area (Å²) in [6.07, 6.45) is 1.46. The van der Waals surface area contributed by atoms with Gasteiger partial charge in [0.2, 0.25) is 0 Å². The van der Waals surface area contributed by atoms with Gasteiger partial charge in [0.1, 0.15) is 4.60 Å². The molecule has 0 saturated heterocycles. The van der Waals surface area contributed by atoms with Crippen molar-refractivity contribution in [1.29, 1.82) is 0 Å². The number of Topliss-reactive ketones (excluding diaryl/α,β-unsaturated/α-hetero) is 1. The van der Waals surface area contributed by atoms with Crippen molar-refractivity contribution in [2.24, 2.45) is 0 Å². The summed E-state index contributed by atoms with van der Waals surface area (Å²) in [5.41, 5.74) is 6.44. The lowest BCUT2D eigenvalue weighted by molar-refractivity contribution is 0.102. The molecular formula is C7H6Br2N2O. The van der Waals surface area contributed by atoms with E-state index in [1.807, 2.05) is 0 Å². The van der Waals surface area contributed by atoms with E-state index in [-0.39, 0.29) is 11.1 Å². The van der Waals surface area contributed by atoms with Gasteiger partial charge in [-0.1, -0.05) is 15.9 Å². The number of hydrogen-bond acceptors (Lipinski definition) is 3. The van der Waals surface area contributed by atoms with Gasteiger partial charge in [-0.05, 0) is 22.0 Å². The molecule has 1 heterocycles. The second-order valence-electron chi connectivity index (χ2n) is 2.15. The van der Waals surface area contributed by atoms with Crippen molar-refractivity contribution in [2.45, 2.75) is 0 Å². The number of hydrogen-bond donors (Lipinski definition) is 1. The van der Waals surface area contributed by atoms with E-state index in [9.17, 15) is 4.79 Å². The Morgan fingerprint density at radius 2 is 2.33 bits per heavy atom. The first-order valence-corrected chi connectivity index (χ1v) is 5.06. The highest BCUT2D eigenvalue weighted by atomic mass is 79.9. The van der Waals surface area contributed by atoms with E-state index >= 15 is 0 Å². The van der Waals surface area contributed by atoms with Crippen molar-refractivity contribution in [3.63, 3.8) is 0 Å². The van der Waals surface area contributed by atoms with Crippen LogP contribution in [-0.2, 0) is 0 Å². The molecule has 0 aromatic carbocycles. The van der Waals surface area contributed by atoms with Gasteiger partial charge >= 0.3 is 0 Å². The van der Waals surface area contributed by atoms with Crippen molar-refractivity contribution >= 4 is 43.3 Å². The van der Waals surface area contributed by atoms with E-state index in [1.165, 1.54) is 6.20 Å². The lowest BCUT2D eigenvalue weighted by atomic mass is 10.2. The van der Waals surface area contributed by atoms with Gasteiger partial charge in [0, 0.05) is 5.56 Å². The Hall–Kier alpha value is -0.420. The van der Waals surface area contributed by atoms with Crippen LogP contribution in [0.4, 0.5) is 5.69 Å². The molecule has 0 bridgehead atoms. The van der Waals surface area contributed by atoms with Crippen LogP contribution in [0, 0.1) is 0 Å². The fourth-order valence-electron chi connectivity index (χ4n) is 0.754. The minimum atomic E-state index is -0.0457. The van der Waals surface area contributed by atoms with Crippen LogP contribution in [0.25, 0.3) is 0 Å². The summed E-state index contributed by atoms with van der Waals surface area (Å²) in [5.74, 6) is -0.0457. The van der Waals surface area contributed by atoms with Gasteiger partial charge in [-0.2, -0.15) is 0 Å². The molecule has 0 radical (unpaired) electrons. The predicted octanol–water partition coefficient (Wildman–Crippen LogP) is 2.00. The quantitative estimate of drug-likeness (QED) is 0.515. The van der Waals surface area contributed by atoms with E-state index in [0.717, 1.165) is 0 Å². The average molecular weight is 294 g/mol. The molecule has 0 spiro atoms. The molecule has 3 nitrogen and oxygen atoms in total. The number of anilines is 1. The highest BCUT2D eigenvalue weighted by Gasteiger charge is 2.08.